The molecule has 2 amide bonds. The van der Waals surface area contributed by atoms with E-state index in [0.717, 1.165) is 38.8 Å². The van der Waals surface area contributed by atoms with Crippen LogP contribution in [0.25, 0.3) is 0 Å². The molecule has 0 aliphatic carbocycles. The molecule has 1 aromatic rings. The molecule has 1 spiro atoms. The van der Waals surface area contributed by atoms with Gasteiger partial charge in [0.05, 0.1) is 12.2 Å². The van der Waals surface area contributed by atoms with Crippen LogP contribution in [0.5, 0.6) is 0 Å². The smallest absolute Gasteiger partial charge is 0.318 e. The van der Waals surface area contributed by atoms with Gasteiger partial charge in [-0.1, -0.05) is 13.8 Å². The van der Waals surface area contributed by atoms with E-state index in [-0.39, 0.29) is 23.5 Å². The van der Waals surface area contributed by atoms with Crippen LogP contribution in [0.3, 0.4) is 0 Å². The van der Waals surface area contributed by atoms with Crippen molar-refractivity contribution in [3.63, 3.8) is 0 Å². The summed E-state index contributed by atoms with van der Waals surface area (Å²) in [6.07, 6.45) is 4.78. The number of carbonyl (C=O) groups excluding carboxylic acids is 1. The first-order chi connectivity index (χ1) is 11.4. The molecule has 0 radical (unpaired) electrons. The topological polar surface area (TPSA) is 54.5 Å². The van der Waals surface area contributed by atoms with Crippen LogP contribution < -0.4 is 5.32 Å². The predicted octanol–water partition coefficient (Wildman–Crippen LogP) is 3.13. The zero-order chi connectivity index (χ0) is 17.3. The molecule has 2 aliphatic heterocycles. The second-order valence-corrected chi connectivity index (χ2v) is 7.40. The largest absolute Gasteiger partial charge is 0.381 e. The maximum atomic E-state index is 13.3. The van der Waals surface area contributed by atoms with E-state index in [1.807, 2.05) is 11.8 Å². The van der Waals surface area contributed by atoms with Crippen molar-refractivity contribution >= 4 is 6.03 Å². The molecule has 6 heteroatoms. The molecule has 1 N–H and O–H groups in total. The molecule has 1 aromatic heterocycles. The van der Waals surface area contributed by atoms with Crippen molar-refractivity contribution in [2.24, 2.45) is 11.3 Å². The maximum absolute atomic E-state index is 13.3. The lowest BCUT2D eigenvalue weighted by atomic mass is 9.63. The first-order valence-corrected chi connectivity index (χ1v) is 8.68. The van der Waals surface area contributed by atoms with Crippen molar-refractivity contribution in [1.29, 1.82) is 0 Å². The highest BCUT2D eigenvalue weighted by Crippen LogP contribution is 2.48. The zero-order valence-electron chi connectivity index (χ0n) is 14.6. The maximum Gasteiger partial charge on any atom is 0.318 e. The summed E-state index contributed by atoms with van der Waals surface area (Å²) in [5.74, 6) is 0.00695. The number of aromatic nitrogens is 1. The molecular formula is C18H26FN3O2. The third kappa shape index (κ3) is 3.11. The lowest BCUT2D eigenvalue weighted by Gasteiger charge is -2.60. The molecule has 132 valence electrons. The van der Waals surface area contributed by atoms with Gasteiger partial charge in [-0.05, 0) is 37.3 Å². The monoisotopic (exact) mass is 335 g/mol. The fourth-order valence-corrected chi connectivity index (χ4v) is 4.26. The van der Waals surface area contributed by atoms with Gasteiger partial charge in [-0.3, -0.25) is 4.98 Å². The highest BCUT2D eigenvalue weighted by molar-refractivity contribution is 5.76. The Hall–Kier alpha value is -1.69. The fraction of sp³-hybridized carbons (Fsp3) is 0.667. The van der Waals surface area contributed by atoms with E-state index >= 15 is 0 Å². The van der Waals surface area contributed by atoms with Crippen molar-refractivity contribution in [2.45, 2.75) is 45.7 Å². The number of nitrogens with zero attached hydrogens (tertiary/aromatic N) is 2. The number of amides is 2. The van der Waals surface area contributed by atoms with Gasteiger partial charge < -0.3 is 15.0 Å². The van der Waals surface area contributed by atoms with Gasteiger partial charge in [-0.15, -0.1) is 0 Å². The number of ether oxygens (including phenoxy) is 1. The van der Waals surface area contributed by atoms with Crippen molar-refractivity contribution in [3.05, 3.63) is 29.8 Å². The number of carbonyl (C=O) groups is 1. The molecule has 2 saturated heterocycles. The molecule has 2 fully saturated rings. The number of nitrogens with one attached hydrogen (secondary N) is 1. The summed E-state index contributed by atoms with van der Waals surface area (Å²) in [6.45, 7) is 8.53. The third-order valence-electron chi connectivity index (χ3n) is 5.40. The van der Waals surface area contributed by atoms with Gasteiger partial charge >= 0.3 is 6.03 Å². The number of pyridine rings is 1. The van der Waals surface area contributed by atoms with Crippen LogP contribution >= 0.6 is 0 Å². The minimum atomic E-state index is -0.390. The van der Waals surface area contributed by atoms with Gasteiger partial charge in [-0.2, -0.15) is 0 Å². The van der Waals surface area contributed by atoms with Crippen LogP contribution in [0, 0.1) is 17.2 Å². The Morgan fingerprint density at radius 2 is 2.08 bits per heavy atom. The number of hydrogen-bond donors (Lipinski definition) is 1. The van der Waals surface area contributed by atoms with Crippen molar-refractivity contribution < 1.29 is 13.9 Å². The van der Waals surface area contributed by atoms with Crippen LogP contribution in [0.1, 0.15) is 45.2 Å². The number of urea groups is 1. The van der Waals surface area contributed by atoms with Gasteiger partial charge in [0.15, 0.2) is 0 Å². The van der Waals surface area contributed by atoms with E-state index in [1.165, 1.54) is 6.07 Å². The Labute approximate surface area is 142 Å². The molecule has 0 bridgehead atoms. The van der Waals surface area contributed by atoms with E-state index in [0.29, 0.717) is 11.5 Å². The highest BCUT2D eigenvalue weighted by atomic mass is 19.1. The lowest BCUT2D eigenvalue weighted by Crippen LogP contribution is -2.71. The van der Waals surface area contributed by atoms with E-state index in [1.54, 1.807) is 6.20 Å². The average Bonchev–Trinajstić information content (AvgIpc) is 2.53. The van der Waals surface area contributed by atoms with Gasteiger partial charge in [0.25, 0.3) is 0 Å². The molecular weight excluding hydrogens is 309 g/mol. The third-order valence-corrected chi connectivity index (χ3v) is 5.40. The number of rotatable bonds is 3. The normalized spacial score (nSPS) is 23.9. The lowest BCUT2D eigenvalue weighted by molar-refractivity contribution is -0.125. The Morgan fingerprint density at radius 3 is 2.71 bits per heavy atom. The summed E-state index contributed by atoms with van der Waals surface area (Å²) in [7, 11) is 0. The van der Waals surface area contributed by atoms with Gasteiger partial charge in [0, 0.05) is 37.4 Å². The first-order valence-electron chi connectivity index (χ1n) is 8.68. The summed E-state index contributed by atoms with van der Waals surface area (Å²) in [5, 5.41) is 2.98. The van der Waals surface area contributed by atoms with E-state index < -0.39 is 5.82 Å². The van der Waals surface area contributed by atoms with Gasteiger partial charge in [-0.25, -0.2) is 9.18 Å². The summed E-state index contributed by atoms with van der Waals surface area (Å²) in [4.78, 5) is 18.5. The first kappa shape index (κ1) is 17.1. The molecule has 2 aliphatic rings. The van der Waals surface area contributed by atoms with Crippen LogP contribution in [0.4, 0.5) is 9.18 Å². The Balaban J connectivity index is 1.66. The van der Waals surface area contributed by atoms with E-state index in [2.05, 4.69) is 24.1 Å². The number of halogens is 1. The molecule has 5 nitrogen and oxygen atoms in total. The second-order valence-electron chi connectivity index (χ2n) is 7.40. The van der Waals surface area contributed by atoms with Crippen molar-refractivity contribution in [1.82, 2.24) is 15.2 Å². The van der Waals surface area contributed by atoms with E-state index in [4.69, 9.17) is 4.74 Å². The number of hydrogen-bond acceptors (Lipinski definition) is 3. The van der Waals surface area contributed by atoms with Crippen LogP contribution in [-0.2, 0) is 4.74 Å². The molecule has 2 atom stereocenters. The number of likely N-dealkylation sites (tertiary alicyclic amines) is 1. The minimum Gasteiger partial charge on any atom is -0.381 e. The Morgan fingerprint density at radius 1 is 1.38 bits per heavy atom. The summed E-state index contributed by atoms with van der Waals surface area (Å²) < 4.78 is 18.8. The van der Waals surface area contributed by atoms with Crippen molar-refractivity contribution in [2.75, 3.05) is 19.8 Å². The highest BCUT2D eigenvalue weighted by Gasteiger charge is 2.55. The Kier molecular flexibility index (Phi) is 4.76. The van der Waals surface area contributed by atoms with Crippen molar-refractivity contribution in [3.8, 4) is 0 Å². The zero-order valence-corrected chi connectivity index (χ0v) is 14.6. The van der Waals surface area contributed by atoms with Crippen LogP contribution in [0.15, 0.2) is 18.5 Å². The van der Waals surface area contributed by atoms with Crippen LogP contribution in [0.2, 0.25) is 0 Å². The van der Waals surface area contributed by atoms with E-state index in [9.17, 15) is 9.18 Å². The SMILES string of the molecule is CC(C)C1N(C(=O)N[C@@H](C)c2cncc(F)c2)CC12CCOCC2. The standard InChI is InChI=1S/C18H26FN3O2/c1-12(2)16-18(4-6-24-7-5-18)11-22(16)17(23)21-13(3)14-8-15(19)10-20-9-14/h8-10,12-13,16H,4-7,11H2,1-3H3,(H,21,23)/t13-,16?/m0/s1. The fourth-order valence-electron chi connectivity index (χ4n) is 4.26. The average molecular weight is 335 g/mol. The molecule has 3 rings (SSSR count). The van der Waals surface area contributed by atoms with Crippen LogP contribution in [-0.4, -0.2) is 41.7 Å². The molecule has 3 heterocycles. The quantitative estimate of drug-likeness (QED) is 0.923. The second kappa shape index (κ2) is 6.67. The molecule has 0 aromatic carbocycles. The van der Waals surface area contributed by atoms with Gasteiger partial charge in [0.1, 0.15) is 5.82 Å². The summed E-state index contributed by atoms with van der Waals surface area (Å²) in [6, 6.07) is 1.29. The molecule has 24 heavy (non-hydrogen) atoms. The predicted molar refractivity (Wildman–Crippen MR) is 89.0 cm³/mol. The minimum absolute atomic E-state index is 0.0809. The Bertz CT molecular complexity index is 602. The summed E-state index contributed by atoms with van der Waals surface area (Å²) in [5.41, 5.74) is 0.874. The molecule has 0 saturated carbocycles. The molecule has 1 unspecified atom stereocenters. The van der Waals surface area contributed by atoms with Gasteiger partial charge in [0.2, 0.25) is 0 Å². The summed E-state index contributed by atoms with van der Waals surface area (Å²) >= 11 is 0.